The van der Waals surface area contributed by atoms with Crippen LogP contribution in [0.1, 0.15) is 45.7 Å². The molecule has 1 aliphatic rings. The minimum Gasteiger partial charge on any atom is -0.465 e. The van der Waals surface area contributed by atoms with Crippen molar-refractivity contribution in [3.63, 3.8) is 0 Å². The topological polar surface area (TPSA) is 26.3 Å². The Hall–Kier alpha value is -2.09. The molecular weight excluding hydrogens is 296 g/mol. The van der Waals surface area contributed by atoms with Gasteiger partial charge in [0, 0.05) is 5.92 Å². The minimum atomic E-state index is -0.0486. The third-order valence-electron chi connectivity index (χ3n) is 5.38. The lowest BCUT2D eigenvalue weighted by Crippen LogP contribution is -2.31. The van der Waals surface area contributed by atoms with E-state index >= 15 is 0 Å². The van der Waals surface area contributed by atoms with Gasteiger partial charge in [-0.3, -0.25) is 4.79 Å². The second kappa shape index (κ2) is 6.80. The molecule has 2 atom stereocenters. The number of ether oxygens (including phenoxy) is 1. The van der Waals surface area contributed by atoms with E-state index in [2.05, 4.69) is 64.1 Å². The standard InChI is InChI=1S/C22H26O2/c1-14-5-7-18(9-16(14)3)11-20-12-21(13-24-22(20)23)19-8-6-15(2)17(4)10-19/h5-10,20-21H,11-13H2,1-4H3/t20?,21-/m1/s1. The van der Waals surface area contributed by atoms with Gasteiger partial charge in [0.2, 0.25) is 0 Å². The van der Waals surface area contributed by atoms with Crippen molar-refractivity contribution in [2.24, 2.45) is 5.92 Å². The Morgan fingerprint density at radius 3 is 2.25 bits per heavy atom. The second-order valence-corrected chi connectivity index (χ2v) is 7.23. The van der Waals surface area contributed by atoms with Crippen molar-refractivity contribution in [1.29, 1.82) is 0 Å². The van der Waals surface area contributed by atoms with Gasteiger partial charge in [0.1, 0.15) is 0 Å². The molecule has 0 aromatic heterocycles. The molecule has 2 nitrogen and oxygen atoms in total. The van der Waals surface area contributed by atoms with E-state index in [0.29, 0.717) is 12.5 Å². The van der Waals surface area contributed by atoms with Gasteiger partial charge in [-0.1, -0.05) is 36.4 Å². The van der Waals surface area contributed by atoms with Crippen LogP contribution in [0.2, 0.25) is 0 Å². The van der Waals surface area contributed by atoms with E-state index in [-0.39, 0.29) is 11.9 Å². The van der Waals surface area contributed by atoms with Crippen molar-refractivity contribution in [2.45, 2.75) is 46.5 Å². The van der Waals surface area contributed by atoms with E-state index < -0.39 is 0 Å². The maximum absolute atomic E-state index is 12.2. The Morgan fingerprint density at radius 1 is 0.917 bits per heavy atom. The predicted molar refractivity (Wildman–Crippen MR) is 97.3 cm³/mol. The number of hydrogen-bond acceptors (Lipinski definition) is 2. The first-order valence-corrected chi connectivity index (χ1v) is 8.74. The first-order valence-electron chi connectivity index (χ1n) is 8.74. The molecule has 1 unspecified atom stereocenters. The zero-order valence-electron chi connectivity index (χ0n) is 15.1. The molecule has 24 heavy (non-hydrogen) atoms. The summed E-state index contributed by atoms with van der Waals surface area (Å²) >= 11 is 0. The lowest BCUT2D eigenvalue weighted by molar-refractivity contribution is -0.154. The predicted octanol–water partition coefficient (Wildman–Crippen LogP) is 4.81. The average molecular weight is 322 g/mol. The molecule has 1 aliphatic heterocycles. The van der Waals surface area contributed by atoms with Crippen molar-refractivity contribution in [3.8, 4) is 0 Å². The van der Waals surface area contributed by atoms with Crippen molar-refractivity contribution in [1.82, 2.24) is 0 Å². The molecule has 126 valence electrons. The molecule has 2 aromatic rings. The monoisotopic (exact) mass is 322 g/mol. The van der Waals surface area contributed by atoms with Crippen LogP contribution >= 0.6 is 0 Å². The smallest absolute Gasteiger partial charge is 0.309 e. The number of esters is 1. The van der Waals surface area contributed by atoms with Crippen LogP contribution in [-0.4, -0.2) is 12.6 Å². The molecule has 1 fully saturated rings. The fourth-order valence-corrected chi connectivity index (χ4v) is 3.44. The van der Waals surface area contributed by atoms with E-state index in [9.17, 15) is 4.79 Å². The number of cyclic esters (lactones) is 1. The zero-order chi connectivity index (χ0) is 17.3. The average Bonchev–Trinajstić information content (AvgIpc) is 2.56. The maximum Gasteiger partial charge on any atom is 0.309 e. The Bertz CT molecular complexity index is 761. The van der Waals surface area contributed by atoms with Gasteiger partial charge in [0.15, 0.2) is 0 Å². The third-order valence-corrected chi connectivity index (χ3v) is 5.38. The van der Waals surface area contributed by atoms with Crippen molar-refractivity contribution < 1.29 is 9.53 Å². The van der Waals surface area contributed by atoms with Crippen LogP contribution in [-0.2, 0) is 16.0 Å². The molecule has 0 aliphatic carbocycles. The summed E-state index contributed by atoms with van der Waals surface area (Å²) in [5, 5.41) is 0. The Balaban J connectivity index is 1.76. The number of benzene rings is 2. The molecule has 2 aromatic carbocycles. The number of rotatable bonds is 3. The van der Waals surface area contributed by atoms with Gasteiger partial charge in [-0.2, -0.15) is 0 Å². The Labute approximate surface area is 144 Å². The van der Waals surface area contributed by atoms with E-state index in [1.807, 2.05) is 0 Å². The summed E-state index contributed by atoms with van der Waals surface area (Å²) in [6.07, 6.45) is 1.63. The highest BCUT2D eigenvalue weighted by Crippen LogP contribution is 2.32. The van der Waals surface area contributed by atoms with Crippen LogP contribution in [0.3, 0.4) is 0 Å². The highest BCUT2D eigenvalue weighted by atomic mass is 16.5. The summed E-state index contributed by atoms with van der Waals surface area (Å²) in [6.45, 7) is 9.01. The molecule has 0 bridgehead atoms. The largest absolute Gasteiger partial charge is 0.465 e. The molecule has 0 radical (unpaired) electrons. The van der Waals surface area contributed by atoms with E-state index in [0.717, 1.165) is 12.8 Å². The number of hydrogen-bond donors (Lipinski definition) is 0. The second-order valence-electron chi connectivity index (χ2n) is 7.23. The lowest BCUT2D eigenvalue weighted by Gasteiger charge is -2.29. The first kappa shape index (κ1) is 16.8. The summed E-state index contributed by atoms with van der Waals surface area (Å²) in [5.74, 6) is 0.208. The number of carbonyl (C=O) groups excluding carboxylic acids is 1. The number of aryl methyl sites for hydroxylation is 4. The first-order chi connectivity index (χ1) is 11.4. The van der Waals surface area contributed by atoms with Crippen LogP contribution in [0.5, 0.6) is 0 Å². The number of carbonyl (C=O) groups is 1. The molecular formula is C22H26O2. The molecule has 1 heterocycles. The SMILES string of the molecule is Cc1ccc(CC2C[C@@H](c3ccc(C)c(C)c3)COC2=O)cc1C. The van der Waals surface area contributed by atoms with E-state index in [1.54, 1.807) is 0 Å². The van der Waals surface area contributed by atoms with Crippen molar-refractivity contribution in [3.05, 3.63) is 69.8 Å². The molecule has 0 amide bonds. The van der Waals surface area contributed by atoms with E-state index in [4.69, 9.17) is 4.74 Å². The van der Waals surface area contributed by atoms with Crippen LogP contribution in [0, 0.1) is 33.6 Å². The fourth-order valence-electron chi connectivity index (χ4n) is 3.44. The van der Waals surface area contributed by atoms with Crippen LogP contribution < -0.4 is 0 Å². The van der Waals surface area contributed by atoms with E-state index in [1.165, 1.54) is 33.4 Å². The maximum atomic E-state index is 12.2. The Morgan fingerprint density at radius 2 is 1.58 bits per heavy atom. The molecule has 0 N–H and O–H groups in total. The highest BCUT2D eigenvalue weighted by Gasteiger charge is 2.31. The zero-order valence-corrected chi connectivity index (χ0v) is 15.1. The van der Waals surface area contributed by atoms with Gasteiger partial charge < -0.3 is 4.74 Å². The summed E-state index contributed by atoms with van der Waals surface area (Å²) in [7, 11) is 0. The van der Waals surface area contributed by atoms with Gasteiger partial charge >= 0.3 is 5.97 Å². The molecule has 3 rings (SSSR count). The van der Waals surface area contributed by atoms with Crippen LogP contribution in [0.15, 0.2) is 36.4 Å². The summed E-state index contributed by atoms with van der Waals surface area (Å²) in [5.41, 5.74) is 7.69. The lowest BCUT2D eigenvalue weighted by atomic mass is 9.83. The summed E-state index contributed by atoms with van der Waals surface area (Å²) in [6, 6.07) is 13.1. The minimum absolute atomic E-state index is 0.0479. The van der Waals surface area contributed by atoms with Gasteiger partial charge in [-0.05, 0) is 73.9 Å². The van der Waals surface area contributed by atoms with Gasteiger partial charge in [0.25, 0.3) is 0 Å². The molecule has 2 heteroatoms. The van der Waals surface area contributed by atoms with Crippen molar-refractivity contribution >= 4 is 5.97 Å². The highest BCUT2D eigenvalue weighted by molar-refractivity contribution is 5.74. The van der Waals surface area contributed by atoms with Gasteiger partial charge in [-0.25, -0.2) is 0 Å². The normalized spacial score (nSPS) is 20.8. The molecule has 0 saturated carbocycles. The van der Waals surface area contributed by atoms with Crippen LogP contribution in [0.4, 0.5) is 0 Å². The van der Waals surface area contributed by atoms with Gasteiger partial charge in [0.05, 0.1) is 12.5 Å². The summed E-state index contributed by atoms with van der Waals surface area (Å²) < 4.78 is 5.51. The quantitative estimate of drug-likeness (QED) is 0.758. The van der Waals surface area contributed by atoms with Gasteiger partial charge in [-0.15, -0.1) is 0 Å². The Kier molecular flexibility index (Phi) is 4.75. The van der Waals surface area contributed by atoms with Crippen LogP contribution in [0.25, 0.3) is 0 Å². The molecule has 1 saturated heterocycles. The fraction of sp³-hybridized carbons (Fsp3) is 0.409. The third kappa shape index (κ3) is 3.53. The molecule has 0 spiro atoms. The van der Waals surface area contributed by atoms with Crippen molar-refractivity contribution in [2.75, 3.05) is 6.61 Å². The summed E-state index contributed by atoms with van der Waals surface area (Å²) in [4.78, 5) is 12.2.